The molecule has 1 fully saturated rings. The smallest absolute Gasteiger partial charge is 0.240 e. The van der Waals surface area contributed by atoms with Crippen LogP contribution in [0.3, 0.4) is 0 Å². The van der Waals surface area contributed by atoms with Crippen LogP contribution in [-0.4, -0.2) is 28.4 Å². The summed E-state index contributed by atoms with van der Waals surface area (Å²) in [6.45, 7) is 5.14. The Bertz CT molecular complexity index is 712. The Morgan fingerprint density at radius 3 is 2.65 bits per heavy atom. The van der Waals surface area contributed by atoms with Gasteiger partial charge in [0.1, 0.15) is 0 Å². The number of piperidine rings is 1. The SMILES string of the molecule is CC(C)c1ccc(CC(N)C(=O)N2CCCCC2c2cccnc2)cc1. The molecule has 0 radical (unpaired) electrons. The van der Waals surface area contributed by atoms with E-state index in [0.29, 0.717) is 12.3 Å². The molecule has 1 aliphatic rings. The predicted molar refractivity (Wildman–Crippen MR) is 105 cm³/mol. The van der Waals surface area contributed by atoms with E-state index in [1.165, 1.54) is 5.56 Å². The van der Waals surface area contributed by atoms with Crippen molar-refractivity contribution >= 4 is 5.91 Å². The molecule has 2 atom stereocenters. The molecule has 1 aromatic carbocycles. The monoisotopic (exact) mass is 351 g/mol. The van der Waals surface area contributed by atoms with Crippen molar-refractivity contribution in [3.63, 3.8) is 0 Å². The predicted octanol–water partition coefficient (Wildman–Crippen LogP) is 3.83. The molecule has 0 aliphatic carbocycles. The zero-order chi connectivity index (χ0) is 18.5. The van der Waals surface area contributed by atoms with Crippen LogP contribution in [0.1, 0.15) is 61.8 Å². The normalized spacial score (nSPS) is 18.8. The Balaban J connectivity index is 1.69. The van der Waals surface area contributed by atoms with Gasteiger partial charge in [-0.2, -0.15) is 0 Å². The van der Waals surface area contributed by atoms with Crippen molar-refractivity contribution in [3.8, 4) is 0 Å². The fourth-order valence-corrected chi connectivity index (χ4v) is 3.71. The molecule has 26 heavy (non-hydrogen) atoms. The summed E-state index contributed by atoms with van der Waals surface area (Å²) < 4.78 is 0. The summed E-state index contributed by atoms with van der Waals surface area (Å²) in [5.74, 6) is 0.555. The van der Waals surface area contributed by atoms with Gasteiger partial charge < -0.3 is 10.6 Å². The van der Waals surface area contributed by atoms with Crippen molar-refractivity contribution in [1.29, 1.82) is 0 Å². The van der Waals surface area contributed by atoms with E-state index in [1.807, 2.05) is 17.2 Å². The molecule has 4 nitrogen and oxygen atoms in total. The quantitative estimate of drug-likeness (QED) is 0.890. The molecule has 2 heterocycles. The van der Waals surface area contributed by atoms with Gasteiger partial charge in [0, 0.05) is 18.9 Å². The maximum absolute atomic E-state index is 13.0. The largest absolute Gasteiger partial charge is 0.334 e. The van der Waals surface area contributed by atoms with Gasteiger partial charge in [-0.1, -0.05) is 44.2 Å². The van der Waals surface area contributed by atoms with E-state index in [9.17, 15) is 4.79 Å². The van der Waals surface area contributed by atoms with Crippen molar-refractivity contribution in [2.24, 2.45) is 5.73 Å². The van der Waals surface area contributed by atoms with Crippen LogP contribution in [0.5, 0.6) is 0 Å². The topological polar surface area (TPSA) is 59.2 Å². The van der Waals surface area contributed by atoms with Gasteiger partial charge in [-0.3, -0.25) is 9.78 Å². The second-order valence-corrected chi connectivity index (χ2v) is 7.54. The van der Waals surface area contributed by atoms with Crippen molar-refractivity contribution < 1.29 is 4.79 Å². The van der Waals surface area contributed by atoms with Gasteiger partial charge >= 0.3 is 0 Å². The maximum atomic E-state index is 13.0. The second kappa shape index (κ2) is 8.45. The summed E-state index contributed by atoms with van der Waals surface area (Å²) in [6.07, 6.45) is 7.37. The number of hydrogen-bond acceptors (Lipinski definition) is 3. The van der Waals surface area contributed by atoms with Gasteiger partial charge in [-0.05, 0) is 54.4 Å². The highest BCUT2D eigenvalue weighted by molar-refractivity contribution is 5.82. The average molecular weight is 351 g/mol. The fourth-order valence-electron chi connectivity index (χ4n) is 3.71. The molecule has 0 spiro atoms. The number of carbonyl (C=O) groups excluding carboxylic acids is 1. The first-order valence-corrected chi connectivity index (χ1v) is 9.61. The van der Waals surface area contributed by atoms with Crippen LogP contribution in [0.25, 0.3) is 0 Å². The van der Waals surface area contributed by atoms with Crippen LogP contribution in [0.15, 0.2) is 48.8 Å². The lowest BCUT2D eigenvalue weighted by Gasteiger charge is -2.37. The first-order chi connectivity index (χ1) is 12.6. The van der Waals surface area contributed by atoms with Crippen molar-refractivity contribution in [3.05, 3.63) is 65.5 Å². The Morgan fingerprint density at radius 1 is 1.23 bits per heavy atom. The molecule has 2 aromatic rings. The van der Waals surface area contributed by atoms with E-state index in [-0.39, 0.29) is 11.9 Å². The van der Waals surface area contributed by atoms with Gasteiger partial charge in [0.15, 0.2) is 0 Å². The summed E-state index contributed by atoms with van der Waals surface area (Å²) >= 11 is 0. The Kier molecular flexibility index (Phi) is 6.04. The van der Waals surface area contributed by atoms with Crippen LogP contribution >= 0.6 is 0 Å². The lowest BCUT2D eigenvalue weighted by Crippen LogP contribution is -2.48. The summed E-state index contributed by atoms with van der Waals surface area (Å²) in [6, 6.07) is 12.0. The number of amides is 1. The second-order valence-electron chi connectivity index (χ2n) is 7.54. The van der Waals surface area contributed by atoms with E-state index in [2.05, 4.69) is 49.2 Å². The van der Waals surface area contributed by atoms with E-state index < -0.39 is 6.04 Å². The molecule has 4 heteroatoms. The minimum atomic E-state index is -0.503. The number of nitrogens with zero attached hydrogens (tertiary/aromatic N) is 2. The number of rotatable bonds is 5. The van der Waals surface area contributed by atoms with E-state index in [1.54, 1.807) is 6.20 Å². The third-order valence-electron chi connectivity index (χ3n) is 5.27. The Hall–Kier alpha value is -2.20. The zero-order valence-electron chi connectivity index (χ0n) is 15.8. The molecule has 0 bridgehead atoms. The molecule has 0 saturated carbocycles. The Morgan fingerprint density at radius 2 is 2.00 bits per heavy atom. The molecule has 3 rings (SSSR count). The highest BCUT2D eigenvalue weighted by Crippen LogP contribution is 2.31. The highest BCUT2D eigenvalue weighted by atomic mass is 16.2. The van der Waals surface area contributed by atoms with Gasteiger partial charge in [-0.15, -0.1) is 0 Å². The molecular formula is C22H29N3O. The van der Waals surface area contributed by atoms with Crippen LogP contribution in [-0.2, 0) is 11.2 Å². The van der Waals surface area contributed by atoms with Crippen molar-refractivity contribution in [2.75, 3.05) is 6.54 Å². The summed E-state index contributed by atoms with van der Waals surface area (Å²) in [4.78, 5) is 19.2. The van der Waals surface area contributed by atoms with Gasteiger partial charge in [0.25, 0.3) is 0 Å². The number of carbonyl (C=O) groups is 1. The lowest BCUT2D eigenvalue weighted by atomic mass is 9.94. The van der Waals surface area contributed by atoms with Crippen molar-refractivity contribution in [2.45, 2.75) is 57.5 Å². The number of aromatic nitrogens is 1. The molecule has 2 N–H and O–H groups in total. The van der Waals surface area contributed by atoms with E-state index in [4.69, 9.17) is 5.73 Å². The van der Waals surface area contributed by atoms with Crippen LogP contribution in [0, 0.1) is 0 Å². The first-order valence-electron chi connectivity index (χ1n) is 9.61. The summed E-state index contributed by atoms with van der Waals surface area (Å²) in [5.41, 5.74) is 9.84. The lowest BCUT2D eigenvalue weighted by molar-refractivity contribution is -0.136. The molecule has 1 aromatic heterocycles. The number of benzene rings is 1. The standard InChI is InChI=1S/C22H29N3O/c1-16(2)18-10-8-17(9-11-18)14-20(23)22(26)25-13-4-3-7-21(25)19-6-5-12-24-15-19/h5-6,8-12,15-16,20-21H,3-4,7,13-14,23H2,1-2H3. The van der Waals surface area contributed by atoms with Gasteiger partial charge in [0.2, 0.25) is 5.91 Å². The first kappa shape index (κ1) is 18.6. The van der Waals surface area contributed by atoms with Crippen LogP contribution in [0.2, 0.25) is 0 Å². The molecule has 138 valence electrons. The third kappa shape index (κ3) is 4.31. The molecule has 1 saturated heterocycles. The van der Waals surface area contributed by atoms with Crippen LogP contribution < -0.4 is 5.73 Å². The number of likely N-dealkylation sites (tertiary alicyclic amines) is 1. The van der Waals surface area contributed by atoms with E-state index in [0.717, 1.165) is 36.9 Å². The molecule has 1 aliphatic heterocycles. The number of nitrogens with two attached hydrogens (primary N) is 1. The zero-order valence-corrected chi connectivity index (χ0v) is 15.8. The number of hydrogen-bond donors (Lipinski definition) is 1. The maximum Gasteiger partial charge on any atom is 0.240 e. The summed E-state index contributed by atoms with van der Waals surface area (Å²) in [7, 11) is 0. The molecule has 1 amide bonds. The van der Waals surface area contributed by atoms with Crippen LogP contribution in [0.4, 0.5) is 0 Å². The van der Waals surface area contributed by atoms with Crippen molar-refractivity contribution in [1.82, 2.24) is 9.88 Å². The van der Waals surface area contributed by atoms with Gasteiger partial charge in [-0.25, -0.2) is 0 Å². The average Bonchev–Trinajstić information content (AvgIpc) is 2.68. The molecular weight excluding hydrogens is 322 g/mol. The molecule has 2 unspecified atom stereocenters. The summed E-state index contributed by atoms with van der Waals surface area (Å²) in [5, 5.41) is 0. The van der Waals surface area contributed by atoms with E-state index >= 15 is 0 Å². The third-order valence-corrected chi connectivity index (χ3v) is 5.27. The highest BCUT2D eigenvalue weighted by Gasteiger charge is 2.31. The Labute approximate surface area is 156 Å². The number of pyridine rings is 1. The minimum Gasteiger partial charge on any atom is -0.334 e. The minimum absolute atomic E-state index is 0.0477. The van der Waals surface area contributed by atoms with Gasteiger partial charge in [0.05, 0.1) is 12.1 Å². The fraction of sp³-hybridized carbons (Fsp3) is 0.455.